The predicted molar refractivity (Wildman–Crippen MR) is 65.8 cm³/mol. The summed E-state index contributed by atoms with van der Waals surface area (Å²) in [7, 11) is 0. The molecule has 2 atom stereocenters. The van der Waals surface area contributed by atoms with Crippen molar-refractivity contribution in [2.45, 2.75) is 26.7 Å². The van der Waals surface area contributed by atoms with Crippen molar-refractivity contribution in [2.75, 3.05) is 24.2 Å². The third kappa shape index (κ3) is 3.44. The van der Waals surface area contributed by atoms with E-state index in [1.165, 1.54) is 6.42 Å². The molecule has 0 aromatic carbocycles. The number of nitrogens with zero attached hydrogens (tertiary/aromatic N) is 3. The highest BCUT2D eigenvalue weighted by molar-refractivity contribution is 5.32. The van der Waals surface area contributed by atoms with Crippen LogP contribution < -0.4 is 15.8 Å². The van der Waals surface area contributed by atoms with Crippen LogP contribution in [0.25, 0.3) is 0 Å². The molecule has 6 heteroatoms. The van der Waals surface area contributed by atoms with Crippen LogP contribution in [-0.4, -0.2) is 28.1 Å². The van der Waals surface area contributed by atoms with Gasteiger partial charge in [0.15, 0.2) is 0 Å². The highest BCUT2D eigenvalue weighted by Gasteiger charge is 2.32. The van der Waals surface area contributed by atoms with Gasteiger partial charge in [-0.1, -0.05) is 13.8 Å². The van der Waals surface area contributed by atoms with Crippen molar-refractivity contribution in [3.05, 3.63) is 0 Å². The van der Waals surface area contributed by atoms with E-state index in [4.69, 9.17) is 10.5 Å². The van der Waals surface area contributed by atoms with Crippen LogP contribution in [0, 0.1) is 11.8 Å². The number of nitrogen functional groups attached to an aromatic ring is 1. The predicted octanol–water partition coefficient (Wildman–Crippen LogP) is 1.31. The molecule has 1 aliphatic rings. The minimum absolute atomic E-state index is 0.192. The topological polar surface area (TPSA) is 86.0 Å². The Labute approximate surface area is 101 Å². The second kappa shape index (κ2) is 5.16. The van der Waals surface area contributed by atoms with Crippen molar-refractivity contribution < 1.29 is 4.74 Å². The Bertz CT molecular complexity index is 384. The van der Waals surface area contributed by atoms with Gasteiger partial charge in [-0.3, -0.25) is 0 Å². The molecule has 17 heavy (non-hydrogen) atoms. The van der Waals surface area contributed by atoms with Gasteiger partial charge in [-0.25, -0.2) is 0 Å². The highest BCUT2D eigenvalue weighted by Crippen LogP contribution is 2.37. The lowest BCUT2D eigenvalue weighted by Crippen LogP contribution is -2.11. The maximum Gasteiger partial charge on any atom is 0.323 e. The molecule has 3 N–H and O–H groups in total. The molecule has 0 bridgehead atoms. The number of nitrogens with one attached hydrogen (secondary N) is 1. The van der Waals surface area contributed by atoms with E-state index >= 15 is 0 Å². The normalized spacial score (nSPS) is 22.2. The van der Waals surface area contributed by atoms with E-state index < -0.39 is 0 Å². The van der Waals surface area contributed by atoms with E-state index in [2.05, 4.69) is 27.2 Å². The molecule has 0 spiro atoms. The molecule has 1 saturated carbocycles. The second-order valence-electron chi connectivity index (χ2n) is 4.50. The van der Waals surface area contributed by atoms with Crippen LogP contribution in [0.1, 0.15) is 26.7 Å². The summed E-state index contributed by atoms with van der Waals surface area (Å²) in [5.41, 5.74) is 5.60. The van der Waals surface area contributed by atoms with E-state index in [1.807, 2.05) is 6.92 Å². The quantitative estimate of drug-likeness (QED) is 0.775. The zero-order chi connectivity index (χ0) is 12.3. The van der Waals surface area contributed by atoms with E-state index in [1.54, 1.807) is 0 Å². The molecule has 6 nitrogen and oxygen atoms in total. The van der Waals surface area contributed by atoms with E-state index in [0.717, 1.165) is 24.8 Å². The number of rotatable bonds is 6. The minimum Gasteiger partial charge on any atom is -0.463 e. The number of hydrogen-bond donors (Lipinski definition) is 2. The smallest absolute Gasteiger partial charge is 0.323 e. The highest BCUT2D eigenvalue weighted by atomic mass is 16.5. The molecule has 1 aromatic rings. The lowest BCUT2D eigenvalue weighted by atomic mass is 10.3. The summed E-state index contributed by atoms with van der Waals surface area (Å²) in [4.78, 5) is 12.1. The Morgan fingerprint density at radius 1 is 1.41 bits per heavy atom. The fourth-order valence-corrected chi connectivity index (χ4v) is 1.61. The van der Waals surface area contributed by atoms with Crippen molar-refractivity contribution >= 4 is 11.9 Å². The minimum atomic E-state index is 0.192. The van der Waals surface area contributed by atoms with Crippen molar-refractivity contribution in [1.29, 1.82) is 0 Å². The third-order valence-corrected chi connectivity index (χ3v) is 2.87. The third-order valence-electron chi connectivity index (χ3n) is 2.87. The molecule has 94 valence electrons. The second-order valence-corrected chi connectivity index (χ2v) is 4.50. The van der Waals surface area contributed by atoms with Gasteiger partial charge in [-0.15, -0.1) is 0 Å². The average molecular weight is 237 g/mol. The molecular weight excluding hydrogens is 218 g/mol. The molecule has 0 amide bonds. The fraction of sp³-hybridized carbons (Fsp3) is 0.727. The van der Waals surface area contributed by atoms with Crippen LogP contribution in [0.2, 0.25) is 0 Å². The van der Waals surface area contributed by atoms with Gasteiger partial charge < -0.3 is 15.8 Å². The zero-order valence-corrected chi connectivity index (χ0v) is 10.3. The van der Waals surface area contributed by atoms with Crippen LogP contribution in [0.3, 0.4) is 0 Å². The average Bonchev–Trinajstić information content (AvgIpc) is 2.99. The summed E-state index contributed by atoms with van der Waals surface area (Å²) < 4.78 is 5.34. The summed E-state index contributed by atoms with van der Waals surface area (Å²) in [6.07, 6.45) is 2.18. The number of ether oxygens (including phenoxy) is 1. The van der Waals surface area contributed by atoms with Gasteiger partial charge in [0.25, 0.3) is 0 Å². The SMILES string of the molecule is CCCOc1nc(N)nc(NCC2CC2C)n1. The fourth-order valence-electron chi connectivity index (χ4n) is 1.61. The van der Waals surface area contributed by atoms with E-state index in [9.17, 15) is 0 Å². The molecule has 1 heterocycles. The molecule has 1 aliphatic carbocycles. The Balaban J connectivity index is 1.93. The molecule has 0 saturated heterocycles. The van der Waals surface area contributed by atoms with Gasteiger partial charge >= 0.3 is 6.01 Å². The maximum atomic E-state index is 5.60. The van der Waals surface area contributed by atoms with Crippen molar-refractivity contribution in [1.82, 2.24) is 15.0 Å². The van der Waals surface area contributed by atoms with Crippen molar-refractivity contribution in [2.24, 2.45) is 11.8 Å². The Morgan fingerprint density at radius 2 is 2.18 bits per heavy atom. The number of aromatic nitrogens is 3. The van der Waals surface area contributed by atoms with Crippen LogP contribution >= 0.6 is 0 Å². The van der Waals surface area contributed by atoms with E-state index in [0.29, 0.717) is 18.6 Å². The summed E-state index contributed by atoms with van der Waals surface area (Å²) in [6, 6.07) is 0.297. The molecule has 2 unspecified atom stereocenters. The number of anilines is 2. The lowest BCUT2D eigenvalue weighted by Gasteiger charge is -2.07. The molecule has 1 fully saturated rings. The number of nitrogens with two attached hydrogens (primary N) is 1. The molecule has 0 radical (unpaired) electrons. The van der Waals surface area contributed by atoms with Gasteiger partial charge in [0.2, 0.25) is 11.9 Å². The standard InChI is InChI=1S/C11H19N5O/c1-3-4-17-11-15-9(12)14-10(16-11)13-6-8-5-7(8)2/h7-8H,3-6H2,1-2H3,(H3,12,13,14,15,16). The van der Waals surface area contributed by atoms with E-state index in [-0.39, 0.29) is 5.95 Å². The molecule has 0 aliphatic heterocycles. The van der Waals surface area contributed by atoms with Crippen molar-refractivity contribution in [3.63, 3.8) is 0 Å². The van der Waals surface area contributed by atoms with Crippen LogP contribution in [0.5, 0.6) is 6.01 Å². The Kier molecular flexibility index (Phi) is 3.61. The van der Waals surface area contributed by atoms with Crippen molar-refractivity contribution in [3.8, 4) is 6.01 Å². The van der Waals surface area contributed by atoms with Gasteiger partial charge in [-0.2, -0.15) is 15.0 Å². The summed E-state index contributed by atoms with van der Waals surface area (Å²) in [5.74, 6) is 2.23. The first-order chi connectivity index (χ1) is 8.19. The zero-order valence-electron chi connectivity index (χ0n) is 10.3. The van der Waals surface area contributed by atoms with Gasteiger partial charge in [0.1, 0.15) is 0 Å². The summed E-state index contributed by atoms with van der Waals surface area (Å²) in [5, 5.41) is 3.17. The van der Waals surface area contributed by atoms with Crippen LogP contribution in [0.15, 0.2) is 0 Å². The van der Waals surface area contributed by atoms with Gasteiger partial charge in [-0.05, 0) is 24.7 Å². The first kappa shape index (κ1) is 11.9. The largest absolute Gasteiger partial charge is 0.463 e. The number of hydrogen-bond acceptors (Lipinski definition) is 6. The maximum absolute atomic E-state index is 5.60. The Hall–Kier alpha value is -1.59. The van der Waals surface area contributed by atoms with Crippen LogP contribution in [0.4, 0.5) is 11.9 Å². The van der Waals surface area contributed by atoms with Gasteiger partial charge in [0.05, 0.1) is 6.61 Å². The first-order valence-electron chi connectivity index (χ1n) is 6.07. The molecular formula is C11H19N5O. The first-order valence-corrected chi connectivity index (χ1v) is 6.07. The monoisotopic (exact) mass is 237 g/mol. The van der Waals surface area contributed by atoms with Crippen LogP contribution in [-0.2, 0) is 0 Å². The molecule has 1 aromatic heterocycles. The molecule has 2 rings (SSSR count). The summed E-state index contributed by atoms with van der Waals surface area (Å²) >= 11 is 0. The summed E-state index contributed by atoms with van der Waals surface area (Å²) in [6.45, 7) is 5.74. The Morgan fingerprint density at radius 3 is 2.82 bits per heavy atom. The lowest BCUT2D eigenvalue weighted by molar-refractivity contribution is 0.292. The van der Waals surface area contributed by atoms with Gasteiger partial charge in [0, 0.05) is 6.54 Å².